The SMILES string of the molecule is CNC(=O)NC(=O)CN(C)[C@H]1CCN(c2ccccc2Cl)C1=O. The Morgan fingerprint density at radius 3 is 2.74 bits per heavy atom. The van der Waals surface area contributed by atoms with Crippen LogP contribution in [0.25, 0.3) is 0 Å². The van der Waals surface area contributed by atoms with Crippen molar-refractivity contribution in [3.05, 3.63) is 29.3 Å². The minimum atomic E-state index is -0.571. The van der Waals surface area contributed by atoms with Gasteiger partial charge in [0.2, 0.25) is 11.8 Å². The fourth-order valence-electron chi connectivity index (χ4n) is 2.55. The molecule has 0 radical (unpaired) electrons. The minimum Gasteiger partial charge on any atom is -0.341 e. The van der Waals surface area contributed by atoms with E-state index in [0.29, 0.717) is 23.7 Å². The number of urea groups is 1. The first kappa shape index (κ1) is 17.2. The lowest BCUT2D eigenvalue weighted by atomic mass is 10.2. The second-order valence-corrected chi connectivity index (χ2v) is 5.70. The van der Waals surface area contributed by atoms with Gasteiger partial charge < -0.3 is 10.2 Å². The summed E-state index contributed by atoms with van der Waals surface area (Å²) in [5.74, 6) is -0.566. The van der Waals surface area contributed by atoms with E-state index in [1.807, 2.05) is 6.07 Å². The first-order valence-electron chi connectivity index (χ1n) is 7.21. The number of carbonyl (C=O) groups excluding carboxylic acids is 3. The molecule has 23 heavy (non-hydrogen) atoms. The van der Waals surface area contributed by atoms with Gasteiger partial charge in [0.05, 0.1) is 23.3 Å². The van der Waals surface area contributed by atoms with Crippen molar-refractivity contribution in [3.8, 4) is 0 Å². The summed E-state index contributed by atoms with van der Waals surface area (Å²) in [5.41, 5.74) is 0.671. The van der Waals surface area contributed by atoms with Crippen LogP contribution < -0.4 is 15.5 Å². The maximum atomic E-state index is 12.6. The minimum absolute atomic E-state index is 0.0415. The number of amides is 4. The molecule has 2 N–H and O–H groups in total. The Labute approximate surface area is 139 Å². The van der Waals surface area contributed by atoms with Gasteiger partial charge in [-0.15, -0.1) is 0 Å². The van der Waals surface area contributed by atoms with E-state index >= 15 is 0 Å². The lowest BCUT2D eigenvalue weighted by Crippen LogP contribution is -2.47. The molecule has 2 rings (SSSR count). The largest absolute Gasteiger partial charge is 0.341 e. The number of carbonyl (C=O) groups is 3. The van der Waals surface area contributed by atoms with Crippen LogP contribution in [0.1, 0.15) is 6.42 Å². The molecule has 8 heteroatoms. The second kappa shape index (κ2) is 7.43. The predicted octanol–water partition coefficient (Wildman–Crippen LogP) is 0.833. The number of rotatable bonds is 4. The molecular weight excluding hydrogens is 320 g/mol. The highest BCUT2D eigenvalue weighted by molar-refractivity contribution is 6.33. The van der Waals surface area contributed by atoms with Gasteiger partial charge in [-0.25, -0.2) is 4.79 Å². The number of benzene rings is 1. The number of imide groups is 1. The number of hydrogen-bond donors (Lipinski definition) is 2. The van der Waals surface area contributed by atoms with Gasteiger partial charge >= 0.3 is 6.03 Å². The third-order valence-corrected chi connectivity index (χ3v) is 4.05. The number of halogens is 1. The van der Waals surface area contributed by atoms with Crippen LogP contribution in [0.3, 0.4) is 0 Å². The van der Waals surface area contributed by atoms with Crippen LogP contribution in [-0.4, -0.2) is 56.0 Å². The molecule has 1 saturated heterocycles. The molecule has 0 spiro atoms. The molecule has 0 saturated carbocycles. The molecule has 0 aromatic heterocycles. The van der Waals surface area contributed by atoms with Gasteiger partial charge in [0.25, 0.3) is 0 Å². The van der Waals surface area contributed by atoms with Crippen molar-refractivity contribution < 1.29 is 14.4 Å². The van der Waals surface area contributed by atoms with E-state index in [4.69, 9.17) is 11.6 Å². The van der Waals surface area contributed by atoms with Gasteiger partial charge in [0, 0.05) is 13.6 Å². The first-order valence-corrected chi connectivity index (χ1v) is 7.59. The predicted molar refractivity (Wildman–Crippen MR) is 87.4 cm³/mol. The fourth-order valence-corrected chi connectivity index (χ4v) is 2.79. The van der Waals surface area contributed by atoms with E-state index in [1.165, 1.54) is 7.05 Å². The Bertz CT molecular complexity index is 622. The lowest BCUT2D eigenvalue weighted by molar-refractivity contribution is -0.124. The van der Waals surface area contributed by atoms with Crippen molar-refractivity contribution in [1.29, 1.82) is 0 Å². The topological polar surface area (TPSA) is 81.8 Å². The number of para-hydroxylation sites is 1. The fraction of sp³-hybridized carbons (Fsp3) is 0.400. The van der Waals surface area contributed by atoms with Gasteiger partial charge in [-0.05, 0) is 25.6 Å². The highest BCUT2D eigenvalue weighted by Crippen LogP contribution is 2.30. The van der Waals surface area contributed by atoms with Crippen LogP contribution in [0.5, 0.6) is 0 Å². The molecule has 1 heterocycles. The van der Waals surface area contributed by atoms with Gasteiger partial charge in [0.15, 0.2) is 0 Å². The smallest absolute Gasteiger partial charge is 0.321 e. The van der Waals surface area contributed by atoms with Crippen LogP contribution in [0, 0.1) is 0 Å². The number of nitrogens with one attached hydrogen (secondary N) is 2. The zero-order chi connectivity index (χ0) is 17.0. The van der Waals surface area contributed by atoms with E-state index in [2.05, 4.69) is 10.6 Å². The summed E-state index contributed by atoms with van der Waals surface area (Å²) in [6.07, 6.45) is 0.591. The second-order valence-electron chi connectivity index (χ2n) is 5.29. The Hall–Kier alpha value is -2.12. The van der Waals surface area contributed by atoms with Gasteiger partial charge in [0.1, 0.15) is 0 Å². The van der Waals surface area contributed by atoms with Crippen molar-refractivity contribution >= 4 is 35.1 Å². The number of hydrogen-bond acceptors (Lipinski definition) is 4. The monoisotopic (exact) mass is 338 g/mol. The van der Waals surface area contributed by atoms with E-state index in [0.717, 1.165) is 0 Å². The normalized spacial score (nSPS) is 17.5. The molecule has 0 bridgehead atoms. The third-order valence-electron chi connectivity index (χ3n) is 3.73. The van der Waals surface area contributed by atoms with E-state index in [-0.39, 0.29) is 12.5 Å². The molecule has 124 valence electrons. The van der Waals surface area contributed by atoms with Crippen molar-refractivity contribution in [2.75, 3.05) is 32.1 Å². The zero-order valence-corrected chi connectivity index (χ0v) is 13.8. The Morgan fingerprint density at radius 2 is 2.09 bits per heavy atom. The number of anilines is 1. The Balaban J connectivity index is 2.00. The number of likely N-dealkylation sites (N-methyl/N-ethyl adjacent to an activating group) is 1. The van der Waals surface area contributed by atoms with Crippen molar-refractivity contribution in [2.45, 2.75) is 12.5 Å². The average molecular weight is 339 g/mol. The maximum Gasteiger partial charge on any atom is 0.321 e. The van der Waals surface area contributed by atoms with Crippen LogP contribution >= 0.6 is 11.6 Å². The molecule has 1 fully saturated rings. The first-order chi connectivity index (χ1) is 10.9. The van der Waals surface area contributed by atoms with Crippen molar-refractivity contribution in [2.24, 2.45) is 0 Å². The van der Waals surface area contributed by atoms with Gasteiger partial charge in [-0.2, -0.15) is 0 Å². The summed E-state index contributed by atoms with van der Waals surface area (Å²) < 4.78 is 0. The van der Waals surface area contributed by atoms with Gasteiger partial charge in [-0.3, -0.25) is 19.8 Å². The van der Waals surface area contributed by atoms with Gasteiger partial charge in [-0.1, -0.05) is 23.7 Å². The van der Waals surface area contributed by atoms with E-state index in [1.54, 1.807) is 35.0 Å². The summed E-state index contributed by atoms with van der Waals surface area (Å²) in [6.45, 7) is 0.495. The molecule has 7 nitrogen and oxygen atoms in total. The number of nitrogens with zero attached hydrogens (tertiary/aromatic N) is 2. The summed E-state index contributed by atoms with van der Waals surface area (Å²) >= 11 is 6.14. The summed E-state index contributed by atoms with van der Waals surface area (Å²) in [4.78, 5) is 38.7. The summed E-state index contributed by atoms with van der Waals surface area (Å²) in [6, 6.07) is 6.17. The zero-order valence-electron chi connectivity index (χ0n) is 13.0. The molecule has 1 aromatic rings. The average Bonchev–Trinajstić information content (AvgIpc) is 2.89. The van der Waals surface area contributed by atoms with Crippen molar-refractivity contribution in [3.63, 3.8) is 0 Å². The highest BCUT2D eigenvalue weighted by Gasteiger charge is 2.36. The van der Waals surface area contributed by atoms with Crippen molar-refractivity contribution in [1.82, 2.24) is 15.5 Å². The molecule has 1 aliphatic heterocycles. The molecule has 0 aliphatic carbocycles. The molecule has 0 unspecified atom stereocenters. The van der Waals surface area contributed by atoms with Crippen LogP contribution in [0.15, 0.2) is 24.3 Å². The molecule has 1 aromatic carbocycles. The molecule has 1 aliphatic rings. The Kier molecular flexibility index (Phi) is 5.57. The van der Waals surface area contributed by atoms with Crippen LogP contribution in [0.4, 0.5) is 10.5 Å². The van der Waals surface area contributed by atoms with Crippen LogP contribution in [0.2, 0.25) is 5.02 Å². The molecular formula is C15H19ClN4O3. The summed E-state index contributed by atoms with van der Waals surface area (Å²) in [5, 5.41) is 4.99. The van der Waals surface area contributed by atoms with E-state index < -0.39 is 18.0 Å². The molecule has 4 amide bonds. The molecule has 1 atom stereocenters. The standard InChI is InChI=1S/C15H19ClN4O3/c1-17-15(23)18-13(21)9-19(2)12-7-8-20(14(12)22)11-6-4-3-5-10(11)16/h3-6,12H,7-9H2,1-2H3,(H2,17,18,21,23)/t12-/m0/s1. The van der Waals surface area contributed by atoms with E-state index in [9.17, 15) is 14.4 Å². The Morgan fingerprint density at radius 1 is 1.39 bits per heavy atom. The summed E-state index contributed by atoms with van der Waals surface area (Å²) in [7, 11) is 3.11. The highest BCUT2D eigenvalue weighted by atomic mass is 35.5. The maximum absolute atomic E-state index is 12.6. The quantitative estimate of drug-likeness (QED) is 0.852. The lowest BCUT2D eigenvalue weighted by Gasteiger charge is -2.23. The van der Waals surface area contributed by atoms with Crippen LogP contribution in [-0.2, 0) is 9.59 Å². The third kappa shape index (κ3) is 4.00.